The summed E-state index contributed by atoms with van der Waals surface area (Å²) in [5.74, 6) is 0. The van der Waals surface area contributed by atoms with Gasteiger partial charge in [0.15, 0.2) is 0 Å². The minimum Gasteiger partial charge on any atom is -0.362 e. The van der Waals surface area contributed by atoms with E-state index in [1.54, 1.807) is 11.0 Å². The summed E-state index contributed by atoms with van der Waals surface area (Å²) in [4.78, 5) is 12.3. The number of benzene rings is 1. The van der Waals surface area contributed by atoms with Crippen molar-refractivity contribution in [1.29, 1.82) is 0 Å². The van der Waals surface area contributed by atoms with Gasteiger partial charge in [-0.05, 0) is 24.6 Å². The van der Waals surface area contributed by atoms with Crippen molar-refractivity contribution in [3.63, 3.8) is 0 Å². The lowest BCUT2D eigenvalue weighted by molar-refractivity contribution is -0.137. The first-order valence-corrected chi connectivity index (χ1v) is 4.91. The van der Waals surface area contributed by atoms with Crippen LogP contribution in [0, 0.1) is 0 Å². The fraction of sp³-hybridized carbons (Fsp3) is 0.364. The lowest BCUT2D eigenvalue weighted by Crippen LogP contribution is -2.48. The molecule has 1 aliphatic rings. The summed E-state index contributed by atoms with van der Waals surface area (Å²) in [6.45, 7) is 0.630. The molecule has 0 bridgehead atoms. The Bertz CT molecular complexity index is 402. The molecule has 86 valence electrons. The molecule has 1 fully saturated rings. The Kier molecular flexibility index (Phi) is 2.61. The van der Waals surface area contributed by atoms with E-state index in [2.05, 4.69) is 0 Å². The standard InChI is InChI=1S/C11H10F3NO/c12-11(13,14)8-2-1-3-9(6-8)15-5-4-10(15)7-16/h1-3,6-7,10H,4-5H2. The van der Waals surface area contributed by atoms with Crippen molar-refractivity contribution in [2.75, 3.05) is 11.4 Å². The predicted molar refractivity (Wildman–Crippen MR) is 53.3 cm³/mol. The molecule has 0 saturated carbocycles. The second-order valence-electron chi connectivity index (χ2n) is 3.73. The highest BCUT2D eigenvalue weighted by Gasteiger charge is 2.33. The Morgan fingerprint density at radius 1 is 1.38 bits per heavy atom. The molecule has 1 aliphatic heterocycles. The third-order valence-corrected chi connectivity index (χ3v) is 2.73. The number of carbonyl (C=O) groups is 1. The van der Waals surface area contributed by atoms with Crippen molar-refractivity contribution in [3.8, 4) is 0 Å². The Balaban J connectivity index is 2.26. The molecule has 2 rings (SSSR count). The van der Waals surface area contributed by atoms with E-state index >= 15 is 0 Å². The first kappa shape index (κ1) is 11.0. The van der Waals surface area contributed by atoms with Gasteiger partial charge in [0.2, 0.25) is 0 Å². The number of carbonyl (C=O) groups excluding carboxylic acids is 1. The molecule has 0 radical (unpaired) electrons. The molecule has 0 N–H and O–H groups in total. The first-order valence-electron chi connectivity index (χ1n) is 4.91. The van der Waals surface area contributed by atoms with Crippen LogP contribution in [0.1, 0.15) is 12.0 Å². The fourth-order valence-electron chi connectivity index (χ4n) is 1.73. The van der Waals surface area contributed by atoms with Crippen LogP contribution in [-0.4, -0.2) is 18.9 Å². The molecule has 1 atom stereocenters. The minimum absolute atomic E-state index is 0.275. The molecular formula is C11H10F3NO. The van der Waals surface area contributed by atoms with Gasteiger partial charge in [-0.1, -0.05) is 6.07 Å². The van der Waals surface area contributed by atoms with E-state index in [0.29, 0.717) is 18.7 Å². The Morgan fingerprint density at radius 2 is 2.12 bits per heavy atom. The number of aldehydes is 1. The average molecular weight is 229 g/mol. The van der Waals surface area contributed by atoms with Crippen molar-refractivity contribution in [2.24, 2.45) is 0 Å². The van der Waals surface area contributed by atoms with Crippen molar-refractivity contribution in [3.05, 3.63) is 29.8 Å². The van der Waals surface area contributed by atoms with E-state index in [0.717, 1.165) is 18.4 Å². The maximum Gasteiger partial charge on any atom is 0.416 e. The topological polar surface area (TPSA) is 20.3 Å². The maximum atomic E-state index is 12.4. The van der Waals surface area contributed by atoms with Crippen LogP contribution in [0.15, 0.2) is 24.3 Å². The van der Waals surface area contributed by atoms with Gasteiger partial charge in [-0.2, -0.15) is 13.2 Å². The molecule has 16 heavy (non-hydrogen) atoms. The summed E-state index contributed by atoms with van der Waals surface area (Å²) < 4.78 is 37.3. The zero-order chi connectivity index (χ0) is 11.8. The number of hydrogen-bond donors (Lipinski definition) is 0. The van der Waals surface area contributed by atoms with Crippen LogP contribution in [0.3, 0.4) is 0 Å². The van der Waals surface area contributed by atoms with Gasteiger partial charge in [0.05, 0.1) is 11.6 Å². The molecule has 1 unspecified atom stereocenters. The van der Waals surface area contributed by atoms with Crippen LogP contribution in [0.5, 0.6) is 0 Å². The van der Waals surface area contributed by atoms with Crippen LogP contribution in [-0.2, 0) is 11.0 Å². The van der Waals surface area contributed by atoms with E-state index in [1.807, 2.05) is 0 Å². The zero-order valence-electron chi connectivity index (χ0n) is 8.37. The number of hydrogen-bond acceptors (Lipinski definition) is 2. The second-order valence-corrected chi connectivity index (χ2v) is 3.73. The molecule has 1 aromatic rings. The molecule has 0 aromatic heterocycles. The van der Waals surface area contributed by atoms with Crippen molar-refractivity contribution in [2.45, 2.75) is 18.6 Å². The number of halogens is 3. The quantitative estimate of drug-likeness (QED) is 0.726. The van der Waals surface area contributed by atoms with E-state index in [9.17, 15) is 18.0 Å². The van der Waals surface area contributed by atoms with Gasteiger partial charge in [0, 0.05) is 12.2 Å². The van der Waals surface area contributed by atoms with E-state index in [-0.39, 0.29) is 6.04 Å². The van der Waals surface area contributed by atoms with Gasteiger partial charge in [0.25, 0.3) is 0 Å². The molecule has 0 amide bonds. The first-order chi connectivity index (χ1) is 7.52. The highest BCUT2D eigenvalue weighted by Crippen LogP contribution is 2.33. The van der Waals surface area contributed by atoms with Gasteiger partial charge in [-0.3, -0.25) is 0 Å². The minimum atomic E-state index is -4.34. The monoisotopic (exact) mass is 229 g/mol. The number of alkyl halides is 3. The lowest BCUT2D eigenvalue weighted by atomic mass is 10.0. The lowest BCUT2D eigenvalue weighted by Gasteiger charge is -2.39. The summed E-state index contributed by atoms with van der Waals surface area (Å²) in [6, 6.07) is 4.78. The number of anilines is 1. The van der Waals surface area contributed by atoms with Crippen molar-refractivity contribution < 1.29 is 18.0 Å². The highest BCUT2D eigenvalue weighted by molar-refractivity contribution is 5.69. The van der Waals surface area contributed by atoms with Crippen LogP contribution >= 0.6 is 0 Å². The summed E-state index contributed by atoms with van der Waals surface area (Å²) >= 11 is 0. The molecular weight excluding hydrogens is 219 g/mol. The van der Waals surface area contributed by atoms with Gasteiger partial charge >= 0.3 is 6.18 Å². The Labute approximate surface area is 90.7 Å². The van der Waals surface area contributed by atoms with Crippen molar-refractivity contribution in [1.82, 2.24) is 0 Å². The highest BCUT2D eigenvalue weighted by atomic mass is 19.4. The predicted octanol–water partition coefficient (Wildman–Crippen LogP) is 2.48. The van der Waals surface area contributed by atoms with Crippen LogP contribution in [0.4, 0.5) is 18.9 Å². The van der Waals surface area contributed by atoms with Crippen LogP contribution in [0.2, 0.25) is 0 Å². The van der Waals surface area contributed by atoms with E-state index in [4.69, 9.17) is 0 Å². The van der Waals surface area contributed by atoms with Crippen LogP contribution in [0.25, 0.3) is 0 Å². The maximum absolute atomic E-state index is 12.4. The third kappa shape index (κ3) is 1.89. The molecule has 0 spiro atoms. The third-order valence-electron chi connectivity index (χ3n) is 2.73. The molecule has 0 aliphatic carbocycles. The Hall–Kier alpha value is -1.52. The summed E-state index contributed by atoms with van der Waals surface area (Å²) in [7, 11) is 0. The van der Waals surface area contributed by atoms with Gasteiger partial charge < -0.3 is 9.69 Å². The molecule has 1 saturated heterocycles. The summed E-state index contributed by atoms with van der Waals surface area (Å²) in [5, 5.41) is 0. The number of nitrogens with zero attached hydrogens (tertiary/aromatic N) is 1. The molecule has 1 heterocycles. The van der Waals surface area contributed by atoms with E-state index < -0.39 is 11.7 Å². The van der Waals surface area contributed by atoms with E-state index in [1.165, 1.54) is 6.07 Å². The smallest absolute Gasteiger partial charge is 0.362 e. The average Bonchev–Trinajstić information content (AvgIpc) is 2.16. The fourth-order valence-corrected chi connectivity index (χ4v) is 1.73. The van der Waals surface area contributed by atoms with Crippen molar-refractivity contribution >= 4 is 12.0 Å². The zero-order valence-corrected chi connectivity index (χ0v) is 8.37. The molecule has 5 heteroatoms. The second kappa shape index (κ2) is 3.81. The molecule has 2 nitrogen and oxygen atoms in total. The van der Waals surface area contributed by atoms with Gasteiger partial charge in [0.1, 0.15) is 6.29 Å². The largest absolute Gasteiger partial charge is 0.416 e. The van der Waals surface area contributed by atoms with Gasteiger partial charge in [-0.25, -0.2) is 0 Å². The van der Waals surface area contributed by atoms with Gasteiger partial charge in [-0.15, -0.1) is 0 Å². The SMILES string of the molecule is O=CC1CCN1c1cccc(C(F)(F)F)c1. The Morgan fingerprint density at radius 3 is 2.62 bits per heavy atom. The number of rotatable bonds is 2. The summed E-state index contributed by atoms with van der Waals surface area (Å²) in [6.07, 6.45) is -2.86. The molecule has 1 aromatic carbocycles. The normalized spacial score (nSPS) is 20.4. The van der Waals surface area contributed by atoms with Crippen LogP contribution < -0.4 is 4.90 Å². The summed E-state index contributed by atoms with van der Waals surface area (Å²) in [5.41, 5.74) is -0.222.